The number of hydrogen-bond donors (Lipinski definition) is 7. The molecule has 0 spiro atoms. The molecule has 0 bridgehead atoms. The fourth-order valence-electron chi connectivity index (χ4n) is 10.3. The first-order valence-electron chi connectivity index (χ1n) is 29.1. The van der Waals surface area contributed by atoms with Crippen LogP contribution < -0.4 is 38.1 Å². The van der Waals surface area contributed by atoms with Gasteiger partial charge in [0, 0.05) is 107 Å². The average Bonchev–Trinajstić information content (AvgIpc) is 2.26. The molecule has 2 aromatic carbocycles. The van der Waals surface area contributed by atoms with Crippen molar-refractivity contribution in [2.24, 2.45) is 44.1 Å². The molecule has 0 radical (unpaired) electrons. The third-order valence-corrected chi connectivity index (χ3v) is 15.6. The first-order chi connectivity index (χ1) is 40.9. The molecule has 5 amide bonds. The van der Waals surface area contributed by atoms with Crippen LogP contribution in [0, 0.1) is 22.7 Å². The summed E-state index contributed by atoms with van der Waals surface area (Å²) in [5, 5.41) is 14.5. The lowest BCUT2D eigenvalue weighted by Gasteiger charge is -2.27. The normalized spacial score (nSPS) is 19.8. The van der Waals surface area contributed by atoms with Gasteiger partial charge >= 0.3 is 30.5 Å². The minimum Gasteiger partial charge on any atom is -0.444 e. The number of urea groups is 2. The predicted octanol–water partition coefficient (Wildman–Crippen LogP) is 10.4. The van der Waals surface area contributed by atoms with Crippen LogP contribution in [0.4, 0.5) is 52.6 Å². The molecule has 4 saturated heterocycles. The molecule has 8 rings (SSSR count). The Morgan fingerprint density at radius 1 is 0.621 bits per heavy atom. The maximum Gasteiger partial charge on any atom is 0.416 e. The van der Waals surface area contributed by atoms with Gasteiger partial charge < -0.3 is 57.5 Å². The molecule has 20 nitrogen and oxygen atoms in total. The number of carbonyl (C=O) groups is 3. The van der Waals surface area contributed by atoms with E-state index in [1.54, 1.807) is 47.8 Å². The number of nitrogens with one attached hydrogen (secondary N) is 5. The highest BCUT2D eigenvalue weighted by Gasteiger charge is 2.38. The first kappa shape index (κ1) is 66.5. The van der Waals surface area contributed by atoms with Gasteiger partial charge in [-0.05, 0) is 111 Å². The number of allylic oxidation sites excluding steroid dienone is 2. The van der Waals surface area contributed by atoms with Gasteiger partial charge in [0.2, 0.25) is 11.9 Å². The molecule has 4 aromatic rings. The highest BCUT2D eigenvalue weighted by molar-refractivity contribution is 5.83. The van der Waals surface area contributed by atoms with Gasteiger partial charge in [0.15, 0.2) is 0 Å². The summed E-state index contributed by atoms with van der Waals surface area (Å²) in [6, 6.07) is 10.2. The lowest BCUT2D eigenvalue weighted by molar-refractivity contribution is -0.139. The van der Waals surface area contributed by atoms with Crippen molar-refractivity contribution in [3.8, 4) is 22.5 Å². The predicted molar refractivity (Wildman–Crippen MR) is 324 cm³/mol. The summed E-state index contributed by atoms with van der Waals surface area (Å²) >= 11 is 0. The molecule has 0 aliphatic carbocycles. The second-order valence-electron chi connectivity index (χ2n) is 25.2. The molecule has 472 valence electrons. The van der Waals surface area contributed by atoms with Crippen LogP contribution in [0.2, 0.25) is 0 Å². The molecule has 26 heteroatoms. The molecular weight excluding hydrogens is 1130 g/mol. The van der Waals surface area contributed by atoms with E-state index in [1.165, 1.54) is 61.3 Å². The van der Waals surface area contributed by atoms with E-state index in [0.717, 1.165) is 44.5 Å². The minimum absolute atomic E-state index is 0.0189. The van der Waals surface area contributed by atoms with Crippen LogP contribution in [0.3, 0.4) is 0 Å². The van der Waals surface area contributed by atoms with Gasteiger partial charge in [-0.2, -0.15) is 26.3 Å². The van der Waals surface area contributed by atoms with E-state index in [1.807, 2.05) is 0 Å². The number of alkyl halides is 6. The molecule has 0 saturated carbocycles. The molecule has 4 atom stereocenters. The maximum absolute atomic E-state index is 14.2. The number of aromatic nitrogens is 4. The number of hydrogen-bond acceptors (Lipinski definition) is 15. The molecule has 4 fully saturated rings. The summed E-state index contributed by atoms with van der Waals surface area (Å²) in [4.78, 5) is 68.8. The zero-order valence-electron chi connectivity index (χ0n) is 50.9. The number of amides is 5. The first-order valence-corrected chi connectivity index (χ1v) is 29.1. The lowest BCUT2D eigenvalue weighted by atomic mass is 9.80. The fourth-order valence-corrected chi connectivity index (χ4v) is 10.3. The van der Waals surface area contributed by atoms with Gasteiger partial charge in [0.25, 0.3) is 0 Å². The van der Waals surface area contributed by atoms with Crippen LogP contribution in [0.5, 0.6) is 0 Å². The highest BCUT2D eigenvalue weighted by Crippen LogP contribution is 2.38. The molecule has 87 heavy (non-hydrogen) atoms. The van der Waals surface area contributed by atoms with Crippen molar-refractivity contribution in [2.75, 3.05) is 63.0 Å². The smallest absolute Gasteiger partial charge is 0.416 e. The lowest BCUT2D eigenvalue weighted by Crippen LogP contribution is -2.39. The van der Waals surface area contributed by atoms with Gasteiger partial charge in [0.1, 0.15) is 5.60 Å². The van der Waals surface area contributed by atoms with E-state index in [0.29, 0.717) is 74.6 Å². The van der Waals surface area contributed by atoms with Crippen molar-refractivity contribution < 1.29 is 45.5 Å². The van der Waals surface area contributed by atoms with Gasteiger partial charge in [-0.3, -0.25) is 9.98 Å². The number of aliphatic imine (C=N–C) groups is 2. The topological polar surface area (TPSA) is 259 Å². The second-order valence-corrected chi connectivity index (χ2v) is 25.2. The largest absolute Gasteiger partial charge is 0.444 e. The summed E-state index contributed by atoms with van der Waals surface area (Å²) in [6.45, 7) is 22.6. The molecule has 2 unspecified atom stereocenters. The Kier molecular flexibility index (Phi) is 21.6. The number of ether oxygens (including phenoxy) is 1. The second kappa shape index (κ2) is 28.2. The van der Waals surface area contributed by atoms with Crippen molar-refractivity contribution >= 4 is 42.5 Å². The van der Waals surface area contributed by atoms with Crippen molar-refractivity contribution in [3.05, 3.63) is 107 Å². The van der Waals surface area contributed by atoms with Crippen molar-refractivity contribution in [1.29, 1.82) is 0 Å². The third kappa shape index (κ3) is 19.2. The van der Waals surface area contributed by atoms with E-state index in [-0.39, 0.29) is 87.9 Å². The Bertz CT molecular complexity index is 3160. The molecule has 4 aliphatic rings. The van der Waals surface area contributed by atoms with Crippen molar-refractivity contribution in [2.45, 2.75) is 131 Å². The standard InChI is InChI=1S/C33H45F3N8O3.C28H37F3N8O/c1-31(2,3)23-10-13-43(19-23)29(45)40-17-22-8-7-21(15-26(22)33(34,35)36)27-9-12-38-28(42-27)41-25(16-37)18-39-24-11-14-44(20-24)30(46)47-32(4,5)6;1-27(2,3)20-8-11-39(17-20)26(40)36-14-19-5-4-18(12-23(19)28(29,30)31)24-7-10-34-25(38-24)37-22(13-32)16-35-21-6-9-33-15-21/h7-9,12,15-16,18,23-24H,10-11,13-14,17,19-20,37H2,1-6H3,(H,40,45)(H,38,41,42);4-5,7,10,12-13,16,20-21,33H,6,8-9,11,14-15,17,32H2,1-3H3,(H,36,40)(H,34,37,38)/t23?,24-;20?,21-/m00/s1. The molecule has 2 aromatic heterocycles. The van der Waals surface area contributed by atoms with Gasteiger partial charge in [-0.25, -0.2) is 34.3 Å². The van der Waals surface area contributed by atoms with Crippen molar-refractivity contribution in [3.63, 3.8) is 0 Å². The van der Waals surface area contributed by atoms with E-state index < -0.39 is 35.2 Å². The van der Waals surface area contributed by atoms with Crippen molar-refractivity contribution in [1.82, 2.24) is 50.6 Å². The Labute approximate surface area is 504 Å². The van der Waals surface area contributed by atoms with Crippen LogP contribution in [0.1, 0.15) is 110 Å². The Hall–Kier alpha value is -8.03. The Morgan fingerprint density at radius 2 is 1.07 bits per heavy atom. The van der Waals surface area contributed by atoms with Crippen LogP contribution >= 0.6 is 0 Å². The van der Waals surface area contributed by atoms with Gasteiger partial charge in [-0.15, -0.1) is 0 Å². The summed E-state index contributed by atoms with van der Waals surface area (Å²) in [5.74, 6) is 0.966. The number of nitrogens with two attached hydrogens (primary N) is 2. The number of likely N-dealkylation sites (tertiary alicyclic amines) is 3. The fraction of sp³-hybridized carbons (Fsp3) is 0.525. The molecule has 4 aliphatic heterocycles. The van der Waals surface area contributed by atoms with Gasteiger partial charge in [0.05, 0.1) is 46.0 Å². The number of nitrogens with zero attached hydrogens (tertiary/aromatic N) is 9. The summed E-state index contributed by atoms with van der Waals surface area (Å²) in [5.41, 5.74) is 11.2. The average molecular weight is 1220 g/mol. The monoisotopic (exact) mass is 1220 g/mol. The number of halogens is 6. The highest BCUT2D eigenvalue weighted by atomic mass is 19.4. The molecular formula is C61H82F6N16O4. The SMILES string of the molecule is CC(C)(C)C1CCN(C(=O)NCc2ccc(-c3ccnc(NC(C=N[C@H]4CCNC4)=CN)n3)cc2C(F)(F)F)C1.CC(C)(C)OC(=O)N1CC[C@H](N=CC(=CN)Nc2nccc(-c3ccc(CNC(=O)N4CCC(C(C)(C)C)C4)c(C(F)(F)F)c3)n2)C1. The Morgan fingerprint density at radius 3 is 1.46 bits per heavy atom. The van der Waals surface area contributed by atoms with Crippen LogP contribution in [0.15, 0.2) is 94.7 Å². The maximum atomic E-state index is 14.2. The number of carbonyl (C=O) groups excluding carboxylic acids is 3. The quantitative estimate of drug-likeness (QED) is 0.0458. The van der Waals surface area contributed by atoms with Crippen LogP contribution in [-0.4, -0.2) is 135 Å². The van der Waals surface area contributed by atoms with Gasteiger partial charge in [-0.1, -0.05) is 65.8 Å². The minimum atomic E-state index is -4.65. The van der Waals surface area contributed by atoms with E-state index in [4.69, 9.17) is 16.2 Å². The summed E-state index contributed by atoms with van der Waals surface area (Å²) in [6.07, 6.45) is 2.25. The van der Waals surface area contributed by atoms with E-state index >= 15 is 0 Å². The van der Waals surface area contributed by atoms with Crippen LogP contribution in [0.25, 0.3) is 22.5 Å². The number of rotatable bonds is 14. The summed E-state index contributed by atoms with van der Waals surface area (Å²) < 4.78 is 90.1. The van der Waals surface area contributed by atoms with E-state index in [9.17, 15) is 40.7 Å². The Balaban J connectivity index is 0.000000252. The number of anilines is 2. The molecule has 9 N–H and O–H groups in total. The third-order valence-electron chi connectivity index (χ3n) is 15.6. The van der Waals surface area contributed by atoms with Crippen LogP contribution in [-0.2, 0) is 30.2 Å². The summed E-state index contributed by atoms with van der Waals surface area (Å²) in [7, 11) is 0. The van der Waals surface area contributed by atoms with E-state index in [2.05, 4.69) is 98.0 Å². The zero-order valence-corrected chi connectivity index (χ0v) is 50.9. The molecule has 6 heterocycles. The zero-order chi connectivity index (χ0) is 63.5. The number of benzene rings is 2.